The number of rotatable bonds is 6. The number of nitrogens with two attached hydrogens (primary N) is 2. The van der Waals surface area contributed by atoms with Crippen molar-refractivity contribution in [3.63, 3.8) is 0 Å². The first-order valence-electron chi connectivity index (χ1n) is 10.8. The number of carbonyl (C=O) groups excluding carboxylic acids is 4. The van der Waals surface area contributed by atoms with E-state index in [0.717, 1.165) is 16.0 Å². The molecule has 0 aromatic carbocycles. The minimum Gasteiger partial charge on any atom is -0.364 e. The summed E-state index contributed by atoms with van der Waals surface area (Å²) in [6, 6.07) is 0.427. The van der Waals surface area contributed by atoms with Crippen molar-refractivity contribution in [1.82, 2.24) is 29.5 Å². The fourth-order valence-corrected chi connectivity index (χ4v) is 7.35. The van der Waals surface area contributed by atoms with Crippen molar-refractivity contribution in [2.45, 2.75) is 47.6 Å². The number of amides is 4. The van der Waals surface area contributed by atoms with Gasteiger partial charge < -0.3 is 21.3 Å². The van der Waals surface area contributed by atoms with Crippen molar-refractivity contribution in [1.29, 1.82) is 0 Å². The van der Waals surface area contributed by atoms with E-state index in [-0.39, 0.29) is 53.3 Å². The monoisotopic (exact) mass is 522 g/mol. The van der Waals surface area contributed by atoms with Crippen LogP contribution in [0.1, 0.15) is 46.3 Å². The number of aromatic nitrogens is 3. The fourth-order valence-electron chi connectivity index (χ4n) is 5.06. The molecule has 2 aromatic rings. The van der Waals surface area contributed by atoms with Gasteiger partial charge in [0, 0.05) is 25.6 Å². The Hall–Kier alpha value is -3.37. The molecule has 4 atom stereocenters. The van der Waals surface area contributed by atoms with Gasteiger partial charge in [0.25, 0.3) is 11.8 Å². The van der Waals surface area contributed by atoms with E-state index < -0.39 is 46.0 Å². The normalized spacial score (nSPS) is 26.5. The molecule has 5 N–H and O–H groups in total. The number of hydrogen-bond donors (Lipinski definition) is 3. The van der Waals surface area contributed by atoms with Crippen LogP contribution in [0.2, 0.25) is 0 Å². The maximum atomic E-state index is 13.4. The molecule has 186 valence electrons. The zero-order valence-electron chi connectivity index (χ0n) is 18.2. The molecule has 0 radical (unpaired) electrons. The van der Waals surface area contributed by atoms with E-state index in [0.29, 0.717) is 6.42 Å². The highest BCUT2D eigenvalue weighted by molar-refractivity contribution is 7.91. The van der Waals surface area contributed by atoms with Crippen LogP contribution in [0, 0.1) is 0 Å². The van der Waals surface area contributed by atoms with Gasteiger partial charge in [-0.1, -0.05) is 11.3 Å². The summed E-state index contributed by atoms with van der Waals surface area (Å²) >= 11 is 1.09. The second-order valence-electron chi connectivity index (χ2n) is 8.68. The average molecular weight is 523 g/mol. The van der Waals surface area contributed by atoms with E-state index in [2.05, 4.69) is 15.0 Å². The van der Waals surface area contributed by atoms with Crippen molar-refractivity contribution in [3.05, 3.63) is 28.9 Å². The largest absolute Gasteiger partial charge is 0.364 e. The van der Waals surface area contributed by atoms with Gasteiger partial charge in [0.15, 0.2) is 11.4 Å². The molecule has 4 amide bonds. The molecule has 0 saturated carbocycles. The van der Waals surface area contributed by atoms with Crippen molar-refractivity contribution in [3.8, 4) is 0 Å². The van der Waals surface area contributed by atoms with Gasteiger partial charge in [-0.25, -0.2) is 17.8 Å². The van der Waals surface area contributed by atoms with E-state index >= 15 is 0 Å². The Labute approximate surface area is 203 Å². The summed E-state index contributed by atoms with van der Waals surface area (Å²) in [5, 5.41) is 9.15. The molecule has 0 bridgehead atoms. The number of carbonyl (C=O) groups is 4. The molecule has 3 aliphatic rings. The third-order valence-electron chi connectivity index (χ3n) is 6.61. The van der Waals surface area contributed by atoms with Crippen molar-refractivity contribution < 1.29 is 27.6 Å². The van der Waals surface area contributed by atoms with E-state index in [1.54, 1.807) is 11.4 Å². The topological polar surface area (TPSA) is 204 Å². The highest BCUT2D eigenvalue weighted by Crippen LogP contribution is 2.36. The summed E-state index contributed by atoms with van der Waals surface area (Å²) in [7, 11) is -3.73. The summed E-state index contributed by atoms with van der Waals surface area (Å²) in [5.41, 5.74) is 10.0. The molecule has 5 heterocycles. The first-order valence-corrected chi connectivity index (χ1v) is 13.2. The lowest BCUT2D eigenvalue weighted by Crippen LogP contribution is -2.66. The predicted molar refractivity (Wildman–Crippen MR) is 119 cm³/mol. The van der Waals surface area contributed by atoms with E-state index in [9.17, 15) is 27.6 Å². The minimum absolute atomic E-state index is 0.0486. The maximum absolute atomic E-state index is 13.4. The van der Waals surface area contributed by atoms with Crippen LogP contribution in [-0.2, 0) is 19.6 Å². The number of nitrogens with one attached hydrogen (secondary N) is 1. The van der Waals surface area contributed by atoms with Crippen LogP contribution in [0.3, 0.4) is 0 Å². The van der Waals surface area contributed by atoms with Crippen LogP contribution in [0.4, 0.5) is 0 Å². The summed E-state index contributed by atoms with van der Waals surface area (Å²) in [6.45, 7) is 0.274. The molecule has 16 heteroatoms. The van der Waals surface area contributed by atoms with Gasteiger partial charge in [-0.05, 0) is 24.3 Å². The number of nitrogens with zero attached hydrogens (tertiary/aromatic N) is 5. The molecule has 3 aliphatic heterocycles. The Bertz CT molecular complexity index is 1320. The Morgan fingerprint density at radius 2 is 1.80 bits per heavy atom. The molecule has 4 unspecified atom stereocenters. The number of thiophene rings is 1. The lowest BCUT2D eigenvalue weighted by Gasteiger charge is -2.46. The molecular formula is C19H22N8O6S2. The number of piperidine rings is 1. The second-order valence-corrected chi connectivity index (χ2v) is 11.6. The third kappa shape index (κ3) is 3.86. The summed E-state index contributed by atoms with van der Waals surface area (Å²) in [6.07, 6.45) is 0.669. The van der Waals surface area contributed by atoms with Gasteiger partial charge in [0.1, 0.15) is 16.3 Å². The molecule has 3 saturated heterocycles. The Balaban J connectivity index is 1.36. The van der Waals surface area contributed by atoms with Crippen LogP contribution in [-0.4, -0.2) is 88.1 Å². The van der Waals surface area contributed by atoms with Crippen LogP contribution < -0.4 is 16.2 Å². The molecule has 3 fully saturated rings. The van der Waals surface area contributed by atoms with E-state index in [4.69, 9.17) is 11.5 Å². The molecule has 0 spiro atoms. The lowest BCUT2D eigenvalue weighted by atomic mass is 9.93. The third-order valence-corrected chi connectivity index (χ3v) is 9.52. The summed E-state index contributed by atoms with van der Waals surface area (Å²) in [4.78, 5) is 53.1. The van der Waals surface area contributed by atoms with Crippen LogP contribution >= 0.6 is 11.3 Å². The quantitative estimate of drug-likeness (QED) is 0.387. The maximum Gasteiger partial charge on any atom is 0.271 e. The number of primary amides is 2. The van der Waals surface area contributed by atoms with Crippen LogP contribution in [0.5, 0.6) is 0 Å². The number of hydrogen-bond acceptors (Lipinski definition) is 9. The van der Waals surface area contributed by atoms with Crippen LogP contribution in [0.25, 0.3) is 0 Å². The molecule has 2 aromatic heterocycles. The van der Waals surface area contributed by atoms with Crippen LogP contribution in [0.15, 0.2) is 21.7 Å². The Kier molecular flexibility index (Phi) is 5.60. The number of piperazine rings is 1. The van der Waals surface area contributed by atoms with Crippen molar-refractivity contribution in [2.75, 3.05) is 13.1 Å². The zero-order chi connectivity index (χ0) is 25.1. The standard InChI is InChI=1S/C19H22N8O6S2/c20-16(28)14-15(17(21)29)27(24-22-14)10-7-12-18(30)25-4-3-9(6-11(25)19(31)26(12)8-10)23-35(32,33)13-2-1-5-34-13/h1-2,5,9-12,23H,3-4,6-8H2,(H2,20,28)(H2,21,29). The van der Waals surface area contributed by atoms with Gasteiger partial charge in [-0.15, -0.1) is 16.4 Å². The highest BCUT2D eigenvalue weighted by atomic mass is 32.2. The molecular weight excluding hydrogens is 500 g/mol. The molecule has 35 heavy (non-hydrogen) atoms. The average Bonchev–Trinajstić information content (AvgIpc) is 3.56. The number of fused-ring (bicyclic) bond motifs is 2. The molecule has 14 nitrogen and oxygen atoms in total. The van der Waals surface area contributed by atoms with E-state index in [1.165, 1.54) is 15.9 Å². The van der Waals surface area contributed by atoms with Gasteiger partial charge in [-0.2, -0.15) is 0 Å². The first kappa shape index (κ1) is 23.4. The van der Waals surface area contributed by atoms with Crippen molar-refractivity contribution in [2.24, 2.45) is 11.5 Å². The van der Waals surface area contributed by atoms with Gasteiger partial charge in [0.2, 0.25) is 21.8 Å². The predicted octanol–water partition coefficient (Wildman–Crippen LogP) is -1.97. The van der Waals surface area contributed by atoms with Gasteiger partial charge in [0.05, 0.1) is 6.04 Å². The van der Waals surface area contributed by atoms with Gasteiger partial charge in [-0.3, -0.25) is 19.2 Å². The summed E-state index contributed by atoms with van der Waals surface area (Å²) < 4.78 is 29.2. The Morgan fingerprint density at radius 3 is 2.46 bits per heavy atom. The first-order chi connectivity index (χ1) is 16.6. The second kappa shape index (κ2) is 8.39. The van der Waals surface area contributed by atoms with E-state index in [1.807, 2.05) is 0 Å². The number of sulfonamides is 1. The highest BCUT2D eigenvalue weighted by Gasteiger charge is 2.53. The molecule has 0 aliphatic carbocycles. The van der Waals surface area contributed by atoms with Crippen molar-refractivity contribution >= 4 is 45.0 Å². The minimum atomic E-state index is -3.73. The van der Waals surface area contributed by atoms with Gasteiger partial charge >= 0.3 is 0 Å². The fraction of sp³-hybridized carbons (Fsp3) is 0.474. The Morgan fingerprint density at radius 1 is 1.09 bits per heavy atom. The smallest absolute Gasteiger partial charge is 0.271 e. The summed E-state index contributed by atoms with van der Waals surface area (Å²) in [5.74, 6) is -2.49. The SMILES string of the molecule is NC(=O)c1nnn(C2CC3C(=O)N4CCC(NS(=O)(=O)c5cccs5)CC4C(=O)N3C2)c1C(N)=O. The lowest BCUT2D eigenvalue weighted by molar-refractivity contribution is -0.161. The molecule has 5 rings (SSSR count). The zero-order valence-corrected chi connectivity index (χ0v) is 19.9.